The molecule has 0 nitrogen and oxygen atoms in total. The highest BCUT2D eigenvalue weighted by molar-refractivity contribution is 7.79. The smallest absolute Gasteiger partial charge is 0.0134 e. The fourth-order valence-corrected chi connectivity index (χ4v) is 9.34. The molecule has 0 radical (unpaired) electrons. The monoisotopic (exact) mass is 641 g/mol. The van der Waals surface area contributed by atoms with Gasteiger partial charge in [-0.25, -0.2) is 0 Å². The molecule has 0 bridgehead atoms. The summed E-state index contributed by atoms with van der Waals surface area (Å²) in [5, 5.41) is 4.57. The van der Waals surface area contributed by atoms with E-state index < -0.39 is 7.92 Å². The minimum absolute atomic E-state index is 0.581. The molecule has 46 heavy (non-hydrogen) atoms. The zero-order valence-electron chi connectivity index (χ0n) is 30.3. The summed E-state index contributed by atoms with van der Waals surface area (Å²) in [6.45, 7) is 6.92. The maximum Gasteiger partial charge on any atom is -0.0134 e. The molecule has 0 saturated heterocycles. The van der Waals surface area contributed by atoms with Gasteiger partial charge in [0.2, 0.25) is 0 Å². The van der Waals surface area contributed by atoms with Gasteiger partial charge in [0.05, 0.1) is 0 Å². The largest absolute Gasteiger partial charge is 0.0654 e. The van der Waals surface area contributed by atoms with Crippen molar-refractivity contribution in [3.05, 3.63) is 89.5 Å². The summed E-state index contributed by atoms with van der Waals surface area (Å²) in [6, 6.07) is 29.1. The van der Waals surface area contributed by atoms with Crippen molar-refractivity contribution >= 4 is 23.8 Å². The first-order valence-corrected chi connectivity index (χ1v) is 21.2. The molecular weight excluding hydrogens is 571 g/mol. The first-order chi connectivity index (χ1) is 22.7. The predicted octanol–water partition coefficient (Wildman–Crippen LogP) is 13.3. The van der Waals surface area contributed by atoms with E-state index in [2.05, 4.69) is 93.6 Å². The molecule has 0 aliphatic carbocycles. The van der Waals surface area contributed by atoms with Crippen LogP contribution in [0.15, 0.2) is 72.8 Å². The number of rotatable bonds is 27. The van der Waals surface area contributed by atoms with Crippen molar-refractivity contribution in [2.24, 2.45) is 0 Å². The van der Waals surface area contributed by atoms with Crippen LogP contribution in [-0.4, -0.2) is 0 Å². The van der Waals surface area contributed by atoms with E-state index in [-0.39, 0.29) is 0 Å². The molecule has 0 heterocycles. The average molecular weight is 641 g/mol. The Morgan fingerprint density at radius 2 is 0.587 bits per heavy atom. The summed E-state index contributed by atoms with van der Waals surface area (Å²) in [5.74, 6) is 0. The summed E-state index contributed by atoms with van der Waals surface area (Å²) in [6.07, 6.45) is 32.5. The van der Waals surface area contributed by atoms with E-state index in [1.165, 1.54) is 187 Å². The van der Waals surface area contributed by atoms with Crippen molar-refractivity contribution in [1.29, 1.82) is 0 Å². The Bertz CT molecular complexity index is 1020. The number of hydrogen-bond acceptors (Lipinski definition) is 0. The van der Waals surface area contributed by atoms with Crippen molar-refractivity contribution < 1.29 is 0 Å². The minimum Gasteiger partial charge on any atom is -0.0654 e. The first-order valence-electron chi connectivity index (χ1n) is 19.8. The van der Waals surface area contributed by atoms with Crippen LogP contribution in [0.4, 0.5) is 0 Å². The van der Waals surface area contributed by atoms with E-state index in [1.54, 1.807) is 0 Å². The van der Waals surface area contributed by atoms with Gasteiger partial charge in [0.1, 0.15) is 0 Å². The van der Waals surface area contributed by atoms with Gasteiger partial charge in [-0.05, 0) is 79.1 Å². The van der Waals surface area contributed by atoms with Gasteiger partial charge < -0.3 is 0 Å². The zero-order chi connectivity index (χ0) is 32.5. The summed E-state index contributed by atoms with van der Waals surface area (Å²) in [7, 11) is -0.581. The van der Waals surface area contributed by atoms with Crippen LogP contribution in [0.1, 0.15) is 172 Å². The number of benzene rings is 3. The second kappa shape index (κ2) is 25.2. The summed E-state index contributed by atoms with van der Waals surface area (Å²) in [4.78, 5) is 0. The average Bonchev–Trinajstić information content (AvgIpc) is 3.08. The standard InChI is InChI=1S/C45H69P/c1-4-7-10-13-16-19-22-28-40-31-25-34-43(37-40)46(44-35-26-32-41(38-44)29-23-20-17-14-11-8-5-2)45-36-27-33-42(39-45)30-24-21-18-15-12-9-6-3/h25-27,31-39H,4-24,28-30H2,1-3H3. The fourth-order valence-electron chi connectivity index (χ4n) is 6.86. The molecule has 254 valence electrons. The van der Waals surface area contributed by atoms with E-state index in [0.717, 1.165) is 0 Å². The molecule has 0 fully saturated rings. The van der Waals surface area contributed by atoms with Crippen molar-refractivity contribution in [3.8, 4) is 0 Å². The Hall–Kier alpha value is -1.91. The first kappa shape index (κ1) is 38.5. The van der Waals surface area contributed by atoms with Crippen LogP contribution >= 0.6 is 7.92 Å². The molecule has 0 aliphatic heterocycles. The third-order valence-electron chi connectivity index (χ3n) is 9.71. The highest BCUT2D eigenvalue weighted by atomic mass is 31.1. The quantitative estimate of drug-likeness (QED) is 0.0574. The van der Waals surface area contributed by atoms with Crippen molar-refractivity contribution in [2.45, 2.75) is 175 Å². The number of unbranched alkanes of at least 4 members (excludes halogenated alkanes) is 18. The van der Waals surface area contributed by atoms with Crippen molar-refractivity contribution in [3.63, 3.8) is 0 Å². The maximum absolute atomic E-state index is 2.56. The van der Waals surface area contributed by atoms with Gasteiger partial charge >= 0.3 is 0 Å². The van der Waals surface area contributed by atoms with Gasteiger partial charge in [0.15, 0.2) is 0 Å². The van der Waals surface area contributed by atoms with Crippen LogP contribution in [0.5, 0.6) is 0 Å². The van der Waals surface area contributed by atoms with Crippen molar-refractivity contribution in [1.82, 2.24) is 0 Å². The number of aryl methyl sites for hydroxylation is 3. The normalized spacial score (nSPS) is 11.5. The van der Waals surface area contributed by atoms with Gasteiger partial charge in [-0.2, -0.15) is 0 Å². The molecule has 3 aromatic carbocycles. The molecule has 0 amide bonds. The van der Waals surface area contributed by atoms with Crippen molar-refractivity contribution in [2.75, 3.05) is 0 Å². The van der Waals surface area contributed by atoms with Crippen LogP contribution in [0.3, 0.4) is 0 Å². The molecule has 0 unspecified atom stereocenters. The Morgan fingerprint density at radius 3 is 0.870 bits per heavy atom. The summed E-state index contributed by atoms with van der Waals surface area (Å²) >= 11 is 0. The Balaban J connectivity index is 1.72. The maximum atomic E-state index is 2.56. The second-order valence-corrected chi connectivity index (χ2v) is 16.2. The zero-order valence-corrected chi connectivity index (χ0v) is 31.2. The molecule has 0 aromatic heterocycles. The fraction of sp³-hybridized carbons (Fsp3) is 0.600. The molecule has 0 saturated carbocycles. The Morgan fingerprint density at radius 1 is 0.326 bits per heavy atom. The van der Waals surface area contributed by atoms with Gasteiger partial charge in [0, 0.05) is 0 Å². The van der Waals surface area contributed by atoms with Gasteiger partial charge in [-0.1, -0.05) is 209 Å². The summed E-state index contributed by atoms with van der Waals surface area (Å²) < 4.78 is 0. The van der Waals surface area contributed by atoms with E-state index in [9.17, 15) is 0 Å². The SMILES string of the molecule is CCCCCCCCCc1cccc(P(c2cccc(CCCCCCCCC)c2)c2cccc(CCCCCCCCC)c2)c1. The van der Waals surface area contributed by atoms with Crippen LogP contribution in [-0.2, 0) is 19.3 Å². The lowest BCUT2D eigenvalue weighted by molar-refractivity contribution is 0.589. The molecule has 3 aromatic rings. The highest BCUT2D eigenvalue weighted by Gasteiger charge is 2.18. The lowest BCUT2D eigenvalue weighted by Gasteiger charge is -2.22. The molecule has 0 N–H and O–H groups in total. The third kappa shape index (κ3) is 15.8. The van der Waals surface area contributed by atoms with Gasteiger partial charge in [-0.15, -0.1) is 0 Å². The third-order valence-corrected chi connectivity index (χ3v) is 12.1. The molecule has 3 rings (SSSR count). The van der Waals surface area contributed by atoms with Crippen LogP contribution in [0.25, 0.3) is 0 Å². The second-order valence-electron chi connectivity index (χ2n) is 14.0. The van der Waals surface area contributed by atoms with Gasteiger partial charge in [0.25, 0.3) is 0 Å². The molecule has 0 atom stereocenters. The van der Waals surface area contributed by atoms with Gasteiger partial charge in [-0.3, -0.25) is 0 Å². The van der Waals surface area contributed by atoms with Crippen LogP contribution < -0.4 is 15.9 Å². The molecule has 0 spiro atoms. The lowest BCUT2D eigenvalue weighted by Crippen LogP contribution is -2.22. The lowest BCUT2D eigenvalue weighted by atomic mass is 10.0. The van der Waals surface area contributed by atoms with E-state index in [1.807, 2.05) is 0 Å². The Kier molecular flexibility index (Phi) is 21.1. The summed E-state index contributed by atoms with van der Waals surface area (Å²) in [5.41, 5.74) is 4.58. The Labute approximate surface area is 287 Å². The minimum atomic E-state index is -0.581. The molecular formula is C45H69P. The van der Waals surface area contributed by atoms with E-state index in [4.69, 9.17) is 0 Å². The molecule has 1 heteroatoms. The predicted molar refractivity (Wildman–Crippen MR) is 210 cm³/mol. The number of hydrogen-bond donors (Lipinski definition) is 0. The highest BCUT2D eigenvalue weighted by Crippen LogP contribution is 2.34. The van der Waals surface area contributed by atoms with E-state index >= 15 is 0 Å². The topological polar surface area (TPSA) is 0 Å². The van der Waals surface area contributed by atoms with Crippen LogP contribution in [0, 0.1) is 0 Å². The van der Waals surface area contributed by atoms with E-state index in [0.29, 0.717) is 0 Å². The molecule has 0 aliphatic rings. The van der Waals surface area contributed by atoms with Crippen LogP contribution in [0.2, 0.25) is 0 Å².